The number of likely N-dealkylation sites (tertiary alicyclic amines) is 1. The van der Waals surface area contributed by atoms with Gasteiger partial charge in [-0.15, -0.1) is 0 Å². The maximum atomic E-state index is 5.72. The lowest BCUT2D eigenvalue weighted by Gasteiger charge is -2.15. The molecule has 1 atom stereocenters. The average molecular weight is 264 g/mol. The monoisotopic (exact) mass is 264 g/mol. The SMILES string of the molecule is COC1CCN(CCCOc2ccc(CN)cc2)C1. The third kappa shape index (κ3) is 4.49. The molecule has 4 heteroatoms. The number of rotatable bonds is 7. The maximum absolute atomic E-state index is 5.72. The van der Waals surface area contributed by atoms with Crippen molar-refractivity contribution in [2.75, 3.05) is 33.4 Å². The Labute approximate surface area is 115 Å². The number of hydrogen-bond donors (Lipinski definition) is 1. The fraction of sp³-hybridized carbons (Fsp3) is 0.600. The molecule has 0 spiro atoms. The highest BCUT2D eigenvalue weighted by molar-refractivity contribution is 5.26. The highest BCUT2D eigenvalue weighted by Crippen LogP contribution is 2.14. The minimum atomic E-state index is 0.421. The summed E-state index contributed by atoms with van der Waals surface area (Å²) >= 11 is 0. The molecule has 0 saturated carbocycles. The first-order chi connectivity index (χ1) is 9.31. The van der Waals surface area contributed by atoms with Crippen LogP contribution in [-0.4, -0.2) is 44.4 Å². The van der Waals surface area contributed by atoms with E-state index in [1.54, 1.807) is 7.11 Å². The molecule has 1 unspecified atom stereocenters. The van der Waals surface area contributed by atoms with Gasteiger partial charge in [-0.3, -0.25) is 0 Å². The molecule has 0 radical (unpaired) electrons. The predicted octanol–water partition coefficient (Wildman–Crippen LogP) is 1.63. The Kier molecular flexibility index (Phi) is 5.63. The Morgan fingerprint density at radius 3 is 2.74 bits per heavy atom. The quantitative estimate of drug-likeness (QED) is 0.761. The molecular weight excluding hydrogens is 240 g/mol. The summed E-state index contributed by atoms with van der Waals surface area (Å²) < 4.78 is 11.1. The minimum Gasteiger partial charge on any atom is -0.494 e. The molecule has 1 aromatic rings. The Balaban J connectivity index is 1.61. The molecule has 1 aliphatic heterocycles. The van der Waals surface area contributed by atoms with Crippen LogP contribution in [0, 0.1) is 0 Å². The van der Waals surface area contributed by atoms with Crippen LogP contribution in [0.2, 0.25) is 0 Å². The predicted molar refractivity (Wildman–Crippen MR) is 76.3 cm³/mol. The van der Waals surface area contributed by atoms with Crippen molar-refractivity contribution in [1.29, 1.82) is 0 Å². The summed E-state index contributed by atoms with van der Waals surface area (Å²) in [6, 6.07) is 8.00. The summed E-state index contributed by atoms with van der Waals surface area (Å²) in [4.78, 5) is 2.44. The largest absolute Gasteiger partial charge is 0.494 e. The molecule has 2 N–H and O–H groups in total. The Morgan fingerprint density at radius 1 is 1.32 bits per heavy atom. The molecule has 1 aromatic carbocycles. The molecule has 2 rings (SSSR count). The Hall–Kier alpha value is -1.10. The molecule has 1 heterocycles. The Morgan fingerprint density at radius 2 is 2.11 bits per heavy atom. The van der Waals surface area contributed by atoms with E-state index < -0.39 is 0 Å². The van der Waals surface area contributed by atoms with E-state index in [4.69, 9.17) is 15.2 Å². The van der Waals surface area contributed by atoms with Gasteiger partial charge in [0.15, 0.2) is 0 Å². The van der Waals surface area contributed by atoms with E-state index in [9.17, 15) is 0 Å². The molecule has 1 aliphatic rings. The number of methoxy groups -OCH3 is 1. The van der Waals surface area contributed by atoms with E-state index >= 15 is 0 Å². The van der Waals surface area contributed by atoms with E-state index in [2.05, 4.69) is 4.90 Å². The van der Waals surface area contributed by atoms with Gasteiger partial charge in [0.1, 0.15) is 5.75 Å². The second-order valence-electron chi connectivity index (χ2n) is 5.00. The van der Waals surface area contributed by atoms with Crippen molar-refractivity contribution in [3.63, 3.8) is 0 Å². The number of benzene rings is 1. The van der Waals surface area contributed by atoms with Gasteiger partial charge in [-0.1, -0.05) is 12.1 Å². The van der Waals surface area contributed by atoms with E-state index in [1.165, 1.54) is 0 Å². The van der Waals surface area contributed by atoms with E-state index in [-0.39, 0.29) is 0 Å². The molecule has 4 nitrogen and oxygen atoms in total. The first-order valence-corrected chi connectivity index (χ1v) is 6.99. The fourth-order valence-corrected chi connectivity index (χ4v) is 2.39. The lowest BCUT2D eigenvalue weighted by molar-refractivity contribution is 0.107. The summed E-state index contributed by atoms with van der Waals surface area (Å²) in [5.74, 6) is 0.924. The van der Waals surface area contributed by atoms with Crippen LogP contribution >= 0.6 is 0 Å². The normalized spacial score (nSPS) is 19.8. The molecular formula is C15H24N2O2. The van der Waals surface area contributed by atoms with Crippen molar-refractivity contribution in [1.82, 2.24) is 4.90 Å². The lowest BCUT2D eigenvalue weighted by atomic mass is 10.2. The van der Waals surface area contributed by atoms with Crippen LogP contribution in [0.4, 0.5) is 0 Å². The zero-order valence-electron chi connectivity index (χ0n) is 11.7. The summed E-state index contributed by atoms with van der Waals surface area (Å²) in [6.07, 6.45) is 2.62. The zero-order valence-corrected chi connectivity index (χ0v) is 11.7. The highest BCUT2D eigenvalue weighted by Gasteiger charge is 2.20. The second-order valence-corrected chi connectivity index (χ2v) is 5.00. The first kappa shape index (κ1) is 14.3. The summed E-state index contributed by atoms with van der Waals surface area (Å²) in [5.41, 5.74) is 6.69. The number of nitrogens with zero attached hydrogens (tertiary/aromatic N) is 1. The molecule has 0 aliphatic carbocycles. The number of hydrogen-bond acceptors (Lipinski definition) is 4. The van der Waals surface area contributed by atoms with Crippen LogP contribution in [0.15, 0.2) is 24.3 Å². The standard InChI is InChI=1S/C15H24N2O2/c1-18-15-7-9-17(12-15)8-2-10-19-14-5-3-13(11-16)4-6-14/h3-6,15H,2,7-12,16H2,1H3. The lowest BCUT2D eigenvalue weighted by Crippen LogP contribution is -2.25. The van der Waals surface area contributed by atoms with Crippen molar-refractivity contribution in [3.8, 4) is 5.75 Å². The van der Waals surface area contributed by atoms with Gasteiger partial charge in [-0.2, -0.15) is 0 Å². The van der Waals surface area contributed by atoms with Crippen molar-refractivity contribution in [2.45, 2.75) is 25.5 Å². The molecule has 0 amide bonds. The van der Waals surface area contributed by atoms with E-state index in [0.717, 1.165) is 50.4 Å². The van der Waals surface area contributed by atoms with Gasteiger partial charge in [0.25, 0.3) is 0 Å². The maximum Gasteiger partial charge on any atom is 0.119 e. The van der Waals surface area contributed by atoms with Crippen molar-refractivity contribution >= 4 is 0 Å². The molecule has 1 fully saturated rings. The molecule has 0 bridgehead atoms. The van der Waals surface area contributed by atoms with Crippen LogP contribution in [0.1, 0.15) is 18.4 Å². The first-order valence-electron chi connectivity index (χ1n) is 6.99. The van der Waals surface area contributed by atoms with Crippen LogP contribution in [0.25, 0.3) is 0 Å². The van der Waals surface area contributed by atoms with Gasteiger partial charge in [0.2, 0.25) is 0 Å². The fourth-order valence-electron chi connectivity index (χ4n) is 2.39. The third-order valence-electron chi connectivity index (χ3n) is 3.61. The smallest absolute Gasteiger partial charge is 0.119 e. The number of ether oxygens (including phenoxy) is 2. The van der Waals surface area contributed by atoms with Crippen LogP contribution in [0.3, 0.4) is 0 Å². The van der Waals surface area contributed by atoms with Gasteiger partial charge < -0.3 is 20.1 Å². The Bertz CT molecular complexity index is 367. The molecule has 19 heavy (non-hydrogen) atoms. The van der Waals surface area contributed by atoms with E-state index in [1.807, 2.05) is 24.3 Å². The minimum absolute atomic E-state index is 0.421. The van der Waals surface area contributed by atoms with Crippen molar-refractivity contribution in [3.05, 3.63) is 29.8 Å². The van der Waals surface area contributed by atoms with Crippen LogP contribution < -0.4 is 10.5 Å². The van der Waals surface area contributed by atoms with Crippen LogP contribution in [0.5, 0.6) is 5.75 Å². The molecule has 1 saturated heterocycles. The van der Waals surface area contributed by atoms with Crippen LogP contribution in [-0.2, 0) is 11.3 Å². The van der Waals surface area contributed by atoms with Gasteiger partial charge in [0, 0.05) is 33.3 Å². The zero-order chi connectivity index (χ0) is 13.5. The molecule has 0 aromatic heterocycles. The summed E-state index contributed by atoms with van der Waals surface area (Å²) in [6.45, 7) is 4.62. The van der Waals surface area contributed by atoms with Crippen molar-refractivity contribution < 1.29 is 9.47 Å². The number of nitrogens with two attached hydrogens (primary N) is 1. The van der Waals surface area contributed by atoms with Crippen molar-refractivity contribution in [2.24, 2.45) is 5.73 Å². The van der Waals surface area contributed by atoms with Gasteiger partial charge >= 0.3 is 0 Å². The van der Waals surface area contributed by atoms with Gasteiger partial charge in [0.05, 0.1) is 12.7 Å². The van der Waals surface area contributed by atoms with Gasteiger partial charge in [-0.25, -0.2) is 0 Å². The topological polar surface area (TPSA) is 47.7 Å². The third-order valence-corrected chi connectivity index (χ3v) is 3.61. The van der Waals surface area contributed by atoms with E-state index in [0.29, 0.717) is 12.6 Å². The molecule has 106 valence electrons. The van der Waals surface area contributed by atoms with Gasteiger partial charge in [-0.05, 0) is 30.5 Å². The average Bonchev–Trinajstić information content (AvgIpc) is 2.92. The summed E-state index contributed by atoms with van der Waals surface area (Å²) in [5, 5.41) is 0. The second kappa shape index (κ2) is 7.48. The highest BCUT2D eigenvalue weighted by atomic mass is 16.5. The summed E-state index contributed by atoms with van der Waals surface area (Å²) in [7, 11) is 1.79.